The first-order valence-electron chi connectivity index (χ1n) is 6.34. The fraction of sp³-hybridized carbons (Fsp3) is 0. The van der Waals surface area contributed by atoms with Gasteiger partial charge < -0.3 is 4.74 Å². The van der Waals surface area contributed by atoms with Crippen molar-refractivity contribution in [2.75, 3.05) is 0 Å². The van der Waals surface area contributed by atoms with Gasteiger partial charge in [-0.1, -0.05) is 6.07 Å². The second-order valence-corrected chi connectivity index (χ2v) is 4.12. The van der Waals surface area contributed by atoms with E-state index in [0.717, 1.165) is 0 Å². The molecular weight excluding hydrogens is 316 g/mol. The summed E-state index contributed by atoms with van der Waals surface area (Å²) < 4.78 is 5.50. The first kappa shape index (κ1) is 17.3. The molecule has 3 rings (SSSR count). The van der Waals surface area contributed by atoms with Gasteiger partial charge in [-0.15, -0.1) is 12.1 Å². The molecule has 0 fully saturated rings. The van der Waals surface area contributed by atoms with Crippen LogP contribution in [0.25, 0.3) is 0 Å². The van der Waals surface area contributed by atoms with Crippen molar-refractivity contribution in [2.24, 2.45) is 0 Å². The maximum Gasteiger partial charge on any atom is 2.00 e. The summed E-state index contributed by atoms with van der Waals surface area (Å²) in [5.41, 5.74) is 0.684. The molecule has 0 amide bonds. The van der Waals surface area contributed by atoms with Gasteiger partial charge in [-0.05, 0) is 12.1 Å². The van der Waals surface area contributed by atoms with Crippen LogP contribution in [-0.2, 0) is 17.1 Å². The molecule has 0 bridgehead atoms. The van der Waals surface area contributed by atoms with Crippen LogP contribution in [0.5, 0.6) is 11.5 Å². The first-order valence-corrected chi connectivity index (χ1v) is 6.34. The molecule has 4 heteroatoms. The minimum Gasteiger partial charge on any atom is -0.544 e. The number of hydrogen-bond donors (Lipinski definition) is 0. The Labute approximate surface area is 140 Å². The van der Waals surface area contributed by atoms with Crippen molar-refractivity contribution >= 4 is 0 Å². The molecule has 0 heterocycles. The normalized spacial score (nSPS) is 8.45. The molecular formula is C18H12FeN2O. The van der Waals surface area contributed by atoms with E-state index in [4.69, 9.17) is 15.3 Å². The zero-order valence-electron chi connectivity index (χ0n) is 11.6. The molecule has 0 saturated heterocycles. The van der Waals surface area contributed by atoms with Crippen LogP contribution < -0.4 is 4.74 Å². The Hall–Kier alpha value is -2.78. The summed E-state index contributed by atoms with van der Waals surface area (Å²) in [6.07, 6.45) is 0. The number of nitrogens with zero attached hydrogens (tertiary/aromatic N) is 2. The third-order valence-corrected chi connectivity index (χ3v) is 2.66. The van der Waals surface area contributed by atoms with E-state index in [1.807, 2.05) is 66.7 Å². The Bertz CT molecular complexity index is 730. The molecule has 3 nitrogen and oxygen atoms in total. The Balaban J connectivity index is 0.000000344. The van der Waals surface area contributed by atoms with Gasteiger partial charge in [-0.2, -0.15) is 40.9 Å². The van der Waals surface area contributed by atoms with Crippen LogP contribution in [0.3, 0.4) is 0 Å². The van der Waals surface area contributed by atoms with Crippen molar-refractivity contribution in [1.29, 1.82) is 10.5 Å². The van der Waals surface area contributed by atoms with Crippen molar-refractivity contribution in [3.05, 3.63) is 83.9 Å². The smallest absolute Gasteiger partial charge is 0.544 e. The fourth-order valence-corrected chi connectivity index (χ4v) is 1.66. The van der Waals surface area contributed by atoms with Crippen molar-refractivity contribution in [3.63, 3.8) is 0 Å². The Morgan fingerprint density at radius 3 is 2.05 bits per heavy atom. The predicted octanol–water partition coefficient (Wildman–Crippen LogP) is 4.34. The Morgan fingerprint density at radius 2 is 1.55 bits per heavy atom. The minimum atomic E-state index is 0. The predicted molar refractivity (Wildman–Crippen MR) is 80.0 cm³/mol. The summed E-state index contributed by atoms with van der Waals surface area (Å²) in [6.45, 7) is 0. The van der Waals surface area contributed by atoms with E-state index >= 15 is 0 Å². The van der Waals surface area contributed by atoms with Crippen LogP contribution in [0, 0.1) is 22.7 Å². The van der Waals surface area contributed by atoms with Gasteiger partial charge in [0, 0.05) is 5.75 Å². The van der Waals surface area contributed by atoms with Crippen molar-refractivity contribution in [3.8, 4) is 23.6 Å². The Kier molecular flexibility index (Phi) is 7.23. The second kappa shape index (κ2) is 9.21. The second-order valence-electron chi connectivity index (χ2n) is 4.12. The third-order valence-electron chi connectivity index (χ3n) is 2.66. The van der Waals surface area contributed by atoms with Gasteiger partial charge in [-0.3, -0.25) is 0 Å². The van der Waals surface area contributed by atoms with E-state index in [-0.39, 0.29) is 17.1 Å². The first-order chi connectivity index (χ1) is 10.3. The molecule has 0 aliphatic rings. The van der Waals surface area contributed by atoms with E-state index in [2.05, 4.69) is 0 Å². The number of benzene rings is 1. The van der Waals surface area contributed by atoms with Crippen LogP contribution in [0.1, 0.15) is 11.1 Å². The number of ether oxygens (including phenoxy) is 1. The monoisotopic (exact) mass is 328 g/mol. The zero-order chi connectivity index (χ0) is 14.9. The summed E-state index contributed by atoms with van der Waals surface area (Å²) in [7, 11) is 0. The maximum absolute atomic E-state index is 8.84. The van der Waals surface area contributed by atoms with E-state index < -0.39 is 0 Å². The SMILES string of the molecule is N#Cc1ccc(O[c-]2cccc2)cc1C#N.[Fe+2].c1cc[cH-]c1. The molecule has 108 valence electrons. The fourth-order valence-electron chi connectivity index (χ4n) is 1.66. The largest absolute Gasteiger partial charge is 2.00 e. The molecule has 0 atom stereocenters. The molecule has 0 aliphatic heterocycles. The van der Waals surface area contributed by atoms with Crippen molar-refractivity contribution in [2.45, 2.75) is 0 Å². The third kappa shape index (κ3) is 4.96. The molecule has 3 aromatic rings. The summed E-state index contributed by atoms with van der Waals surface area (Å²) in [5.74, 6) is 1.27. The van der Waals surface area contributed by atoms with E-state index in [0.29, 0.717) is 22.6 Å². The Morgan fingerprint density at radius 1 is 0.909 bits per heavy atom. The summed E-state index contributed by atoms with van der Waals surface area (Å²) in [6, 6.07) is 26.1. The number of hydrogen-bond acceptors (Lipinski definition) is 3. The van der Waals surface area contributed by atoms with Crippen LogP contribution in [0.2, 0.25) is 0 Å². The minimum absolute atomic E-state index is 0. The van der Waals surface area contributed by atoms with E-state index in [1.54, 1.807) is 18.2 Å². The maximum atomic E-state index is 8.84. The standard InChI is InChI=1S/C13H7N2O.C5H5.Fe/c14-8-10-5-6-13(7-11(10)9-15)16-12-3-1-2-4-12;1-2-4-5-3-1;/h1-7H;1-5H;/q2*-1;+2. The average Bonchev–Trinajstić information content (AvgIpc) is 3.23. The van der Waals surface area contributed by atoms with Gasteiger partial charge in [0.15, 0.2) is 0 Å². The molecule has 0 radical (unpaired) electrons. The van der Waals surface area contributed by atoms with Crippen LogP contribution in [0.4, 0.5) is 0 Å². The summed E-state index contributed by atoms with van der Waals surface area (Å²) >= 11 is 0. The molecule has 0 unspecified atom stereocenters. The van der Waals surface area contributed by atoms with Crippen LogP contribution >= 0.6 is 0 Å². The molecule has 3 aromatic carbocycles. The van der Waals surface area contributed by atoms with E-state index in [9.17, 15) is 0 Å². The molecule has 22 heavy (non-hydrogen) atoms. The van der Waals surface area contributed by atoms with Gasteiger partial charge >= 0.3 is 17.1 Å². The summed E-state index contributed by atoms with van der Waals surface area (Å²) in [4.78, 5) is 0. The molecule has 0 saturated carbocycles. The quantitative estimate of drug-likeness (QED) is 0.519. The van der Waals surface area contributed by atoms with Gasteiger partial charge in [-0.25, -0.2) is 12.1 Å². The van der Waals surface area contributed by atoms with Gasteiger partial charge in [0.05, 0.1) is 22.9 Å². The number of rotatable bonds is 2. The molecule has 0 spiro atoms. The van der Waals surface area contributed by atoms with Crippen LogP contribution in [0.15, 0.2) is 72.8 Å². The van der Waals surface area contributed by atoms with Gasteiger partial charge in [0.1, 0.15) is 6.07 Å². The van der Waals surface area contributed by atoms with Crippen LogP contribution in [-0.4, -0.2) is 0 Å². The topological polar surface area (TPSA) is 56.8 Å². The van der Waals surface area contributed by atoms with E-state index in [1.165, 1.54) is 0 Å². The molecule has 0 aliphatic carbocycles. The zero-order valence-corrected chi connectivity index (χ0v) is 12.7. The van der Waals surface area contributed by atoms with Crippen molar-refractivity contribution in [1.82, 2.24) is 0 Å². The van der Waals surface area contributed by atoms with Gasteiger partial charge in [0.25, 0.3) is 0 Å². The average molecular weight is 328 g/mol. The molecule has 0 N–H and O–H groups in total. The molecule has 0 aromatic heterocycles. The number of nitriles is 2. The van der Waals surface area contributed by atoms with Gasteiger partial charge in [0.2, 0.25) is 0 Å². The summed E-state index contributed by atoms with van der Waals surface area (Å²) in [5, 5.41) is 17.6. The van der Waals surface area contributed by atoms with Crippen molar-refractivity contribution < 1.29 is 21.8 Å².